The Labute approximate surface area is 131 Å². The minimum absolute atomic E-state index is 0.118. The number of hydrogen-bond acceptors (Lipinski definition) is 2. The van der Waals surface area contributed by atoms with Gasteiger partial charge in [-0.15, -0.1) is 0 Å². The molecule has 0 saturated heterocycles. The minimum Gasteiger partial charge on any atom is -0.321 e. The number of fused-ring (bicyclic) bond motifs is 1. The van der Waals surface area contributed by atoms with Crippen LogP contribution in [0.1, 0.15) is 10.4 Å². The third kappa shape index (κ3) is 2.89. The van der Waals surface area contributed by atoms with Gasteiger partial charge in [0.05, 0.1) is 0 Å². The van der Waals surface area contributed by atoms with Crippen molar-refractivity contribution in [3.8, 4) is 0 Å². The summed E-state index contributed by atoms with van der Waals surface area (Å²) in [4.78, 5) is 13.2. The quantitative estimate of drug-likeness (QED) is 0.707. The molecule has 104 valence electrons. The van der Waals surface area contributed by atoms with E-state index in [9.17, 15) is 4.79 Å². The Kier molecular flexibility index (Phi) is 4.13. The van der Waals surface area contributed by atoms with Crippen LogP contribution in [0.3, 0.4) is 0 Å². The van der Waals surface area contributed by atoms with Gasteiger partial charge in [0, 0.05) is 21.5 Å². The highest BCUT2D eigenvalue weighted by Crippen LogP contribution is 2.33. The molecule has 0 fully saturated rings. The highest BCUT2D eigenvalue weighted by molar-refractivity contribution is 8.21. The van der Waals surface area contributed by atoms with E-state index in [0.29, 0.717) is 5.56 Å². The molecule has 4 heteroatoms. The van der Waals surface area contributed by atoms with Crippen molar-refractivity contribution < 1.29 is 4.79 Å². The maximum atomic E-state index is 12.3. The topological polar surface area (TPSA) is 29.1 Å². The number of carbonyl (C=O) groups excluding carboxylic acids is 1. The molecular weight excluding hydrogens is 302 g/mol. The molecule has 1 N–H and O–H groups in total. The van der Waals surface area contributed by atoms with E-state index in [4.69, 9.17) is 10.7 Å². The first kappa shape index (κ1) is 14.0. The second-order valence-electron chi connectivity index (χ2n) is 4.55. The summed E-state index contributed by atoms with van der Waals surface area (Å²) in [6, 6.07) is 20.9. The van der Waals surface area contributed by atoms with Gasteiger partial charge in [-0.3, -0.25) is 4.79 Å². The molecule has 0 bridgehead atoms. The molecule has 2 nitrogen and oxygen atoms in total. The van der Waals surface area contributed by atoms with Gasteiger partial charge in [0.2, 0.25) is 0 Å². The van der Waals surface area contributed by atoms with E-state index >= 15 is 0 Å². The van der Waals surface area contributed by atoms with Crippen molar-refractivity contribution in [1.82, 2.24) is 0 Å². The molecule has 3 rings (SSSR count). The van der Waals surface area contributed by atoms with Crippen LogP contribution in [0.5, 0.6) is 0 Å². The van der Waals surface area contributed by atoms with Crippen molar-refractivity contribution in [2.24, 2.45) is 0 Å². The van der Waals surface area contributed by atoms with Gasteiger partial charge in [-0.2, -0.15) is 0 Å². The van der Waals surface area contributed by atoms with Gasteiger partial charge in [-0.1, -0.05) is 42.5 Å². The highest BCUT2D eigenvalue weighted by atomic mass is 35.7. The monoisotopic (exact) mass is 313 g/mol. The molecule has 1 amide bonds. The Bertz CT molecular complexity index is 789. The summed E-state index contributed by atoms with van der Waals surface area (Å²) in [6.07, 6.45) is 0. The van der Waals surface area contributed by atoms with Gasteiger partial charge in [-0.25, -0.2) is 0 Å². The van der Waals surface area contributed by atoms with Crippen molar-refractivity contribution >= 4 is 44.0 Å². The number of halogens is 1. The summed E-state index contributed by atoms with van der Waals surface area (Å²) in [7, 11) is 7.07. The van der Waals surface area contributed by atoms with E-state index in [-0.39, 0.29) is 5.91 Å². The lowest BCUT2D eigenvalue weighted by Crippen LogP contribution is -2.11. The highest BCUT2D eigenvalue weighted by Gasteiger charge is 2.09. The van der Waals surface area contributed by atoms with E-state index in [0.717, 1.165) is 21.4 Å². The number of nitrogens with one attached hydrogen (secondary N) is 1. The molecule has 0 atom stereocenters. The van der Waals surface area contributed by atoms with E-state index in [2.05, 4.69) is 5.32 Å². The van der Waals surface area contributed by atoms with Crippen LogP contribution in [0.2, 0.25) is 0 Å². The third-order valence-electron chi connectivity index (χ3n) is 3.25. The molecule has 0 heterocycles. The van der Waals surface area contributed by atoms with Crippen LogP contribution in [-0.4, -0.2) is 5.91 Å². The summed E-state index contributed by atoms with van der Waals surface area (Å²) < 4.78 is 0. The Balaban J connectivity index is 2.00. The van der Waals surface area contributed by atoms with Crippen LogP contribution in [0.4, 0.5) is 5.69 Å². The van der Waals surface area contributed by atoms with Crippen LogP contribution in [0, 0.1) is 0 Å². The normalized spacial score (nSPS) is 10.5. The largest absolute Gasteiger partial charge is 0.321 e. The van der Waals surface area contributed by atoms with Crippen LogP contribution in [-0.2, 0) is 0 Å². The van der Waals surface area contributed by atoms with Crippen LogP contribution < -0.4 is 5.32 Å². The molecule has 0 spiro atoms. The maximum Gasteiger partial charge on any atom is 0.255 e. The number of hydrogen-bond donors (Lipinski definition) is 1. The predicted octanol–water partition coefficient (Wildman–Crippen LogP) is 5.34. The zero-order chi connectivity index (χ0) is 14.7. The lowest BCUT2D eigenvalue weighted by molar-refractivity contribution is 0.102. The number of benzene rings is 3. The number of rotatable bonds is 3. The molecule has 3 aromatic carbocycles. The molecule has 21 heavy (non-hydrogen) atoms. The zero-order valence-electron chi connectivity index (χ0n) is 11.0. The molecule has 0 unspecified atom stereocenters. The fourth-order valence-corrected chi connectivity index (χ4v) is 3.04. The van der Waals surface area contributed by atoms with E-state index in [1.807, 2.05) is 54.6 Å². The average molecular weight is 314 g/mol. The number of amides is 1. The first-order valence-electron chi connectivity index (χ1n) is 6.46. The SMILES string of the molecule is O=C(Nc1cccc2c(SCl)cccc12)c1ccccc1. The van der Waals surface area contributed by atoms with E-state index in [1.165, 1.54) is 11.0 Å². The predicted molar refractivity (Wildman–Crippen MR) is 90.1 cm³/mol. The molecule has 0 aromatic heterocycles. The Hall–Kier alpha value is -1.97. The van der Waals surface area contributed by atoms with Gasteiger partial charge < -0.3 is 5.32 Å². The van der Waals surface area contributed by atoms with Crippen molar-refractivity contribution in [2.45, 2.75) is 4.90 Å². The van der Waals surface area contributed by atoms with Crippen LogP contribution in [0.15, 0.2) is 71.6 Å². The molecular formula is C17H12ClNOS. The maximum absolute atomic E-state index is 12.3. The van der Waals surface area contributed by atoms with E-state index in [1.54, 1.807) is 12.1 Å². The van der Waals surface area contributed by atoms with Gasteiger partial charge in [-0.05, 0) is 51.3 Å². The summed E-state index contributed by atoms with van der Waals surface area (Å²) in [6.45, 7) is 0. The standard InChI is InChI=1S/C17H12ClNOS/c18-21-16-11-5-8-13-14(16)9-4-10-15(13)19-17(20)12-6-2-1-3-7-12/h1-11H,(H,19,20). The zero-order valence-corrected chi connectivity index (χ0v) is 12.6. The smallest absolute Gasteiger partial charge is 0.255 e. The van der Waals surface area contributed by atoms with Crippen LogP contribution in [0.25, 0.3) is 10.8 Å². The second-order valence-corrected chi connectivity index (χ2v) is 5.61. The summed E-state index contributed by atoms with van der Waals surface area (Å²) in [5.41, 5.74) is 1.42. The van der Waals surface area contributed by atoms with Gasteiger partial charge in [0.15, 0.2) is 0 Å². The Morgan fingerprint density at radius 2 is 1.57 bits per heavy atom. The molecule has 3 aromatic rings. The van der Waals surface area contributed by atoms with Crippen molar-refractivity contribution in [2.75, 3.05) is 5.32 Å². The number of carbonyl (C=O) groups is 1. The molecule has 0 aliphatic heterocycles. The van der Waals surface area contributed by atoms with Crippen molar-refractivity contribution in [3.63, 3.8) is 0 Å². The second kappa shape index (κ2) is 6.20. The minimum atomic E-state index is -0.118. The first-order valence-corrected chi connectivity index (χ1v) is 8.10. The first-order chi connectivity index (χ1) is 10.3. The Morgan fingerprint density at radius 1 is 0.857 bits per heavy atom. The lowest BCUT2D eigenvalue weighted by atomic mass is 10.1. The summed E-state index contributed by atoms with van der Waals surface area (Å²) >= 11 is 0. The average Bonchev–Trinajstić information content (AvgIpc) is 2.55. The van der Waals surface area contributed by atoms with Crippen molar-refractivity contribution in [1.29, 1.82) is 0 Å². The van der Waals surface area contributed by atoms with Crippen molar-refractivity contribution in [3.05, 3.63) is 72.3 Å². The molecule has 0 saturated carbocycles. The number of anilines is 1. The van der Waals surface area contributed by atoms with Gasteiger partial charge in [0.1, 0.15) is 0 Å². The van der Waals surface area contributed by atoms with Crippen LogP contribution >= 0.6 is 21.7 Å². The van der Waals surface area contributed by atoms with Gasteiger partial charge >= 0.3 is 0 Å². The fourth-order valence-electron chi connectivity index (χ4n) is 2.24. The lowest BCUT2D eigenvalue weighted by Gasteiger charge is -2.10. The summed E-state index contributed by atoms with van der Waals surface area (Å²) in [5, 5.41) is 4.97. The molecule has 0 radical (unpaired) electrons. The third-order valence-corrected chi connectivity index (χ3v) is 4.27. The molecule has 0 aliphatic rings. The van der Waals surface area contributed by atoms with E-state index < -0.39 is 0 Å². The molecule has 0 aliphatic carbocycles. The van der Waals surface area contributed by atoms with Gasteiger partial charge in [0.25, 0.3) is 5.91 Å². The fraction of sp³-hybridized carbons (Fsp3) is 0. The Morgan fingerprint density at radius 3 is 2.33 bits per heavy atom. The summed E-state index contributed by atoms with van der Waals surface area (Å²) in [5.74, 6) is -0.118.